The van der Waals surface area contributed by atoms with Crippen molar-refractivity contribution in [3.63, 3.8) is 0 Å². The SMILES string of the molecule is O=C(/C=C/c1ccc(N(c2ccccc2)c2ccccc2)cc1)c1ccc([N+](=O)[O-])cc1. The van der Waals surface area contributed by atoms with E-state index in [-0.39, 0.29) is 11.5 Å². The molecule has 4 aromatic rings. The van der Waals surface area contributed by atoms with Crippen molar-refractivity contribution in [1.82, 2.24) is 0 Å². The Morgan fingerprint density at radius 2 is 1.19 bits per heavy atom. The van der Waals surface area contributed by atoms with Gasteiger partial charge in [0.25, 0.3) is 5.69 Å². The molecule has 0 radical (unpaired) electrons. The third kappa shape index (κ3) is 4.79. The van der Waals surface area contributed by atoms with Crippen molar-refractivity contribution >= 4 is 34.6 Å². The minimum absolute atomic E-state index is 0.0393. The molecule has 156 valence electrons. The van der Waals surface area contributed by atoms with Gasteiger partial charge in [0.15, 0.2) is 5.78 Å². The highest BCUT2D eigenvalue weighted by atomic mass is 16.6. The maximum atomic E-state index is 12.4. The molecule has 0 unspecified atom stereocenters. The monoisotopic (exact) mass is 420 g/mol. The average molecular weight is 420 g/mol. The lowest BCUT2D eigenvalue weighted by molar-refractivity contribution is -0.384. The Labute approximate surface area is 186 Å². The number of nitro groups is 1. The molecular formula is C27H20N2O3. The number of para-hydroxylation sites is 2. The van der Waals surface area contributed by atoms with Crippen molar-refractivity contribution in [3.05, 3.63) is 137 Å². The van der Waals surface area contributed by atoms with Gasteiger partial charge in [0, 0.05) is 34.8 Å². The fourth-order valence-electron chi connectivity index (χ4n) is 3.35. The van der Waals surface area contributed by atoms with Crippen LogP contribution in [0.5, 0.6) is 0 Å². The lowest BCUT2D eigenvalue weighted by Gasteiger charge is -2.25. The molecule has 0 spiro atoms. The predicted octanol–water partition coefficient (Wildman–Crippen LogP) is 6.96. The fourth-order valence-corrected chi connectivity index (χ4v) is 3.35. The zero-order valence-corrected chi connectivity index (χ0v) is 17.2. The Bertz CT molecular complexity index is 1190. The Morgan fingerprint density at radius 3 is 1.69 bits per heavy atom. The number of hydrogen-bond acceptors (Lipinski definition) is 4. The van der Waals surface area contributed by atoms with Gasteiger partial charge in [-0.3, -0.25) is 14.9 Å². The molecule has 4 rings (SSSR count). The van der Waals surface area contributed by atoms with Crippen LogP contribution in [-0.2, 0) is 0 Å². The highest BCUT2D eigenvalue weighted by Crippen LogP contribution is 2.34. The molecule has 0 amide bonds. The van der Waals surface area contributed by atoms with Crippen LogP contribution in [0.1, 0.15) is 15.9 Å². The zero-order valence-electron chi connectivity index (χ0n) is 17.2. The summed E-state index contributed by atoms with van der Waals surface area (Å²) in [6.45, 7) is 0. The van der Waals surface area contributed by atoms with E-state index >= 15 is 0 Å². The van der Waals surface area contributed by atoms with Gasteiger partial charge in [0.2, 0.25) is 0 Å². The first-order chi connectivity index (χ1) is 15.6. The molecule has 5 nitrogen and oxygen atoms in total. The van der Waals surface area contributed by atoms with Crippen molar-refractivity contribution in [2.75, 3.05) is 4.90 Å². The van der Waals surface area contributed by atoms with Crippen LogP contribution in [0.25, 0.3) is 6.08 Å². The molecular weight excluding hydrogens is 400 g/mol. The molecule has 0 saturated heterocycles. The van der Waals surface area contributed by atoms with Gasteiger partial charge in [0.1, 0.15) is 0 Å². The van der Waals surface area contributed by atoms with Gasteiger partial charge in [-0.15, -0.1) is 0 Å². The summed E-state index contributed by atoms with van der Waals surface area (Å²) in [5, 5.41) is 10.8. The van der Waals surface area contributed by atoms with E-state index in [9.17, 15) is 14.9 Å². The number of carbonyl (C=O) groups excluding carboxylic acids is 1. The predicted molar refractivity (Wildman–Crippen MR) is 128 cm³/mol. The summed E-state index contributed by atoms with van der Waals surface area (Å²) < 4.78 is 0. The number of allylic oxidation sites excluding steroid dienone is 1. The first-order valence-electron chi connectivity index (χ1n) is 10.1. The molecule has 0 N–H and O–H groups in total. The first kappa shape index (κ1) is 20.8. The second-order valence-corrected chi connectivity index (χ2v) is 7.10. The van der Waals surface area contributed by atoms with Crippen LogP contribution in [0.4, 0.5) is 22.7 Å². The van der Waals surface area contributed by atoms with E-state index in [0.29, 0.717) is 5.56 Å². The lowest BCUT2D eigenvalue weighted by atomic mass is 10.1. The molecule has 0 bridgehead atoms. The number of ketones is 1. The van der Waals surface area contributed by atoms with Gasteiger partial charge in [0.05, 0.1) is 4.92 Å². The van der Waals surface area contributed by atoms with E-state index < -0.39 is 4.92 Å². The van der Waals surface area contributed by atoms with Gasteiger partial charge in [-0.1, -0.05) is 54.6 Å². The summed E-state index contributed by atoms with van der Waals surface area (Å²) in [4.78, 5) is 24.8. The Hall–Kier alpha value is -4.51. The summed E-state index contributed by atoms with van der Waals surface area (Å²) in [7, 11) is 0. The number of hydrogen-bond donors (Lipinski definition) is 0. The van der Waals surface area contributed by atoms with E-state index in [1.165, 1.54) is 30.3 Å². The molecule has 0 aliphatic rings. The van der Waals surface area contributed by atoms with E-state index in [2.05, 4.69) is 29.2 Å². The average Bonchev–Trinajstić information content (AvgIpc) is 2.85. The van der Waals surface area contributed by atoms with Crippen LogP contribution in [0.15, 0.2) is 115 Å². The van der Waals surface area contributed by atoms with Crippen LogP contribution in [0, 0.1) is 10.1 Å². The Kier molecular flexibility index (Phi) is 6.18. The number of benzene rings is 4. The van der Waals surface area contributed by atoms with Crippen molar-refractivity contribution < 1.29 is 9.72 Å². The molecule has 0 atom stereocenters. The molecule has 0 aliphatic carbocycles. The summed E-state index contributed by atoms with van der Waals surface area (Å²) in [5.41, 5.74) is 4.35. The molecule has 4 aromatic carbocycles. The highest BCUT2D eigenvalue weighted by molar-refractivity contribution is 6.06. The third-order valence-corrected chi connectivity index (χ3v) is 4.97. The molecule has 0 saturated carbocycles. The Morgan fingerprint density at radius 1 is 0.688 bits per heavy atom. The van der Waals surface area contributed by atoms with Gasteiger partial charge in [-0.05, 0) is 60.2 Å². The smallest absolute Gasteiger partial charge is 0.269 e. The maximum Gasteiger partial charge on any atom is 0.269 e. The second kappa shape index (κ2) is 9.53. The number of carbonyl (C=O) groups is 1. The van der Waals surface area contributed by atoms with Crippen molar-refractivity contribution in [1.29, 1.82) is 0 Å². The van der Waals surface area contributed by atoms with Crippen molar-refractivity contribution in [2.45, 2.75) is 0 Å². The highest BCUT2D eigenvalue weighted by Gasteiger charge is 2.11. The van der Waals surface area contributed by atoms with Crippen molar-refractivity contribution in [2.24, 2.45) is 0 Å². The quantitative estimate of drug-likeness (QED) is 0.140. The lowest BCUT2D eigenvalue weighted by Crippen LogP contribution is -2.09. The second-order valence-electron chi connectivity index (χ2n) is 7.10. The normalized spacial score (nSPS) is 10.8. The number of anilines is 3. The summed E-state index contributed by atoms with van der Waals surface area (Å²) in [6.07, 6.45) is 3.21. The minimum atomic E-state index is -0.486. The number of nitrogens with zero attached hydrogens (tertiary/aromatic N) is 2. The molecule has 0 aromatic heterocycles. The van der Waals surface area contributed by atoms with E-state index in [0.717, 1.165) is 22.6 Å². The summed E-state index contributed by atoms with van der Waals surface area (Å²) in [6, 6.07) is 33.8. The molecule has 32 heavy (non-hydrogen) atoms. The molecule has 0 fully saturated rings. The largest absolute Gasteiger partial charge is 0.311 e. The summed E-state index contributed by atoms with van der Waals surface area (Å²) in [5.74, 6) is -0.209. The molecule has 0 aliphatic heterocycles. The first-order valence-corrected chi connectivity index (χ1v) is 10.1. The van der Waals surface area contributed by atoms with E-state index in [1.807, 2.05) is 60.7 Å². The summed E-state index contributed by atoms with van der Waals surface area (Å²) >= 11 is 0. The number of non-ortho nitro benzene ring substituents is 1. The van der Waals surface area contributed by atoms with Crippen molar-refractivity contribution in [3.8, 4) is 0 Å². The van der Waals surface area contributed by atoms with Crippen LogP contribution >= 0.6 is 0 Å². The van der Waals surface area contributed by atoms with Crippen LogP contribution < -0.4 is 4.90 Å². The van der Waals surface area contributed by atoms with Gasteiger partial charge in [-0.25, -0.2) is 0 Å². The zero-order chi connectivity index (χ0) is 22.3. The minimum Gasteiger partial charge on any atom is -0.311 e. The van der Waals surface area contributed by atoms with E-state index in [1.54, 1.807) is 6.08 Å². The molecule has 0 heterocycles. The van der Waals surface area contributed by atoms with Crippen LogP contribution in [-0.4, -0.2) is 10.7 Å². The van der Waals surface area contributed by atoms with Gasteiger partial charge >= 0.3 is 0 Å². The van der Waals surface area contributed by atoms with Crippen LogP contribution in [0.3, 0.4) is 0 Å². The third-order valence-electron chi connectivity index (χ3n) is 4.97. The number of rotatable bonds is 7. The fraction of sp³-hybridized carbons (Fsp3) is 0. The van der Waals surface area contributed by atoms with E-state index in [4.69, 9.17) is 0 Å². The molecule has 5 heteroatoms. The van der Waals surface area contributed by atoms with Gasteiger partial charge < -0.3 is 4.90 Å². The maximum absolute atomic E-state index is 12.4. The Balaban J connectivity index is 1.55. The standard InChI is InChI=1S/C27H20N2O3/c30-27(22-14-18-26(19-15-22)29(31)32)20-13-21-11-16-25(17-12-21)28(23-7-3-1-4-8-23)24-9-5-2-6-10-24/h1-20H/b20-13+. The topological polar surface area (TPSA) is 63.5 Å². The van der Waals surface area contributed by atoms with Crippen LogP contribution in [0.2, 0.25) is 0 Å². The number of nitro benzene ring substituents is 1. The van der Waals surface area contributed by atoms with Gasteiger partial charge in [-0.2, -0.15) is 0 Å².